The minimum absolute atomic E-state index is 0.567. The van der Waals surface area contributed by atoms with Gasteiger partial charge in [0.15, 0.2) is 0 Å². The van der Waals surface area contributed by atoms with Crippen LogP contribution in [0.15, 0.2) is 72.8 Å². The molecule has 0 saturated heterocycles. The van der Waals surface area contributed by atoms with Crippen molar-refractivity contribution >= 4 is 38.6 Å². The van der Waals surface area contributed by atoms with Crippen molar-refractivity contribution in [3.05, 3.63) is 78.4 Å². The van der Waals surface area contributed by atoms with Crippen molar-refractivity contribution in [1.82, 2.24) is 0 Å². The third-order valence-electron chi connectivity index (χ3n) is 4.50. The Kier molecular flexibility index (Phi) is 6.45. The van der Waals surface area contributed by atoms with Gasteiger partial charge in [-0.15, -0.1) is 34.5 Å². The van der Waals surface area contributed by atoms with E-state index in [1.165, 1.54) is 38.2 Å². The van der Waals surface area contributed by atoms with Crippen LogP contribution in [0.25, 0.3) is 32.7 Å². The van der Waals surface area contributed by atoms with Crippen LogP contribution in [-0.4, -0.2) is 0 Å². The van der Waals surface area contributed by atoms with Gasteiger partial charge in [-0.05, 0) is 28.3 Å². The second kappa shape index (κ2) is 8.58. The van der Waals surface area contributed by atoms with E-state index in [-0.39, 0.29) is 0 Å². The van der Waals surface area contributed by atoms with Gasteiger partial charge in [0.1, 0.15) is 0 Å². The minimum atomic E-state index is -0.826. The number of hydrogen-bond acceptors (Lipinski definition) is 0. The van der Waals surface area contributed by atoms with Crippen LogP contribution in [0.5, 0.6) is 0 Å². The van der Waals surface area contributed by atoms with Gasteiger partial charge in [-0.1, -0.05) is 61.9 Å². The van der Waals surface area contributed by atoms with Gasteiger partial charge in [0.05, 0.1) is 0 Å². The molecular formula is C22H19Cl2Zr-. The van der Waals surface area contributed by atoms with Crippen LogP contribution in [0, 0.1) is 0 Å². The average molecular weight is 446 g/mol. The Balaban J connectivity index is 0.000000569. The van der Waals surface area contributed by atoms with Gasteiger partial charge in [-0.25, -0.2) is 0 Å². The zero-order valence-electron chi connectivity index (χ0n) is 14.3. The fourth-order valence-electron chi connectivity index (χ4n) is 3.20. The van der Waals surface area contributed by atoms with E-state index in [1.54, 1.807) is 0 Å². The summed E-state index contributed by atoms with van der Waals surface area (Å²) < 4.78 is 0. The van der Waals surface area contributed by atoms with Crippen molar-refractivity contribution in [3.63, 3.8) is 0 Å². The van der Waals surface area contributed by atoms with E-state index < -0.39 is 20.8 Å². The van der Waals surface area contributed by atoms with E-state index in [1.807, 2.05) is 0 Å². The van der Waals surface area contributed by atoms with Crippen LogP contribution < -0.4 is 0 Å². The summed E-state index contributed by atoms with van der Waals surface area (Å²) in [6, 6.07) is 26.6. The Morgan fingerprint density at radius 3 is 2.28 bits per heavy atom. The molecule has 0 bridgehead atoms. The Labute approximate surface area is 167 Å². The van der Waals surface area contributed by atoms with Crippen LogP contribution in [0.4, 0.5) is 0 Å². The van der Waals surface area contributed by atoms with Crippen molar-refractivity contribution in [2.24, 2.45) is 0 Å². The first-order valence-corrected chi connectivity index (χ1v) is 14.6. The Morgan fingerprint density at radius 1 is 0.840 bits per heavy atom. The molecule has 0 aromatic heterocycles. The van der Waals surface area contributed by atoms with Crippen molar-refractivity contribution in [2.45, 2.75) is 19.8 Å². The van der Waals surface area contributed by atoms with Gasteiger partial charge in [-0.2, -0.15) is 6.07 Å². The van der Waals surface area contributed by atoms with Crippen molar-refractivity contribution in [2.75, 3.05) is 0 Å². The summed E-state index contributed by atoms with van der Waals surface area (Å²) in [6.07, 6.45) is 0. The summed E-state index contributed by atoms with van der Waals surface area (Å²) in [7, 11) is 9.87. The summed E-state index contributed by atoms with van der Waals surface area (Å²) in [6.45, 7) is 4.51. The average Bonchev–Trinajstić information content (AvgIpc) is 3.06. The predicted octanol–water partition coefficient (Wildman–Crippen LogP) is 7.88. The Morgan fingerprint density at radius 2 is 1.56 bits per heavy atom. The molecule has 4 aromatic carbocycles. The zero-order valence-corrected chi connectivity index (χ0v) is 18.2. The molecule has 0 amide bonds. The molecule has 0 aliphatic heterocycles. The second-order valence-electron chi connectivity index (χ2n) is 6.39. The van der Waals surface area contributed by atoms with Crippen LogP contribution in [0.2, 0.25) is 0 Å². The topological polar surface area (TPSA) is 0 Å². The second-order valence-corrected chi connectivity index (χ2v) is 10.1. The number of fused-ring (bicyclic) bond motifs is 2. The monoisotopic (exact) mass is 443 g/mol. The first kappa shape index (κ1) is 18.8. The molecule has 0 spiro atoms. The number of halogens is 2. The molecule has 0 nitrogen and oxygen atoms in total. The van der Waals surface area contributed by atoms with Crippen molar-refractivity contribution < 1.29 is 20.8 Å². The third-order valence-corrected chi connectivity index (χ3v) is 4.50. The van der Waals surface area contributed by atoms with E-state index >= 15 is 0 Å². The van der Waals surface area contributed by atoms with E-state index in [4.69, 9.17) is 17.0 Å². The Hall–Kier alpha value is -1.01. The van der Waals surface area contributed by atoms with Crippen LogP contribution in [0.3, 0.4) is 0 Å². The standard InChI is InChI=1S/C22H19.2ClH.Zr/c1-15(2)20-13-18-8-5-9-21(22(18)14-20)19-11-10-16-6-3-4-7-17(16)12-19;;;/h3-15H,1-2H3;2*1H;/q-1;;;+2/p-2. The molecule has 0 fully saturated rings. The molecule has 0 saturated carbocycles. The quantitative estimate of drug-likeness (QED) is 0.275. The molecule has 25 heavy (non-hydrogen) atoms. The fraction of sp³-hybridized carbons (Fsp3) is 0.136. The Bertz CT molecular complexity index is 986. The molecule has 0 aliphatic rings. The van der Waals surface area contributed by atoms with Crippen LogP contribution in [-0.2, 0) is 20.8 Å². The summed E-state index contributed by atoms with van der Waals surface area (Å²) in [4.78, 5) is 0. The molecule has 4 rings (SSSR count). The normalized spacial score (nSPS) is 10.8. The van der Waals surface area contributed by atoms with Crippen LogP contribution >= 0.6 is 17.0 Å². The molecule has 0 radical (unpaired) electrons. The van der Waals surface area contributed by atoms with E-state index in [0.29, 0.717) is 5.92 Å². The van der Waals surface area contributed by atoms with E-state index in [9.17, 15) is 0 Å². The van der Waals surface area contributed by atoms with E-state index in [2.05, 4.69) is 86.6 Å². The maximum atomic E-state index is 4.93. The first-order valence-electron chi connectivity index (χ1n) is 8.29. The fourth-order valence-corrected chi connectivity index (χ4v) is 3.20. The molecule has 0 heterocycles. The van der Waals surface area contributed by atoms with Gasteiger partial charge in [0.25, 0.3) is 0 Å². The van der Waals surface area contributed by atoms with Crippen molar-refractivity contribution in [1.29, 1.82) is 0 Å². The number of benzene rings is 3. The molecule has 3 heteroatoms. The van der Waals surface area contributed by atoms with Gasteiger partial charge >= 0.3 is 37.9 Å². The number of rotatable bonds is 2. The maximum absolute atomic E-state index is 4.93. The number of hydrogen-bond donors (Lipinski definition) is 0. The molecule has 0 N–H and O–H groups in total. The molecule has 4 aromatic rings. The van der Waals surface area contributed by atoms with Crippen LogP contribution in [0.1, 0.15) is 25.3 Å². The predicted molar refractivity (Wildman–Crippen MR) is 108 cm³/mol. The van der Waals surface area contributed by atoms with E-state index in [0.717, 1.165) is 0 Å². The summed E-state index contributed by atoms with van der Waals surface area (Å²) in [5.74, 6) is 0.567. The summed E-state index contributed by atoms with van der Waals surface area (Å²) >= 11 is -0.826. The van der Waals surface area contributed by atoms with Gasteiger partial charge in [-0.3, -0.25) is 0 Å². The van der Waals surface area contributed by atoms with Gasteiger partial charge < -0.3 is 0 Å². The van der Waals surface area contributed by atoms with Gasteiger partial charge in [0.2, 0.25) is 0 Å². The molecule has 0 atom stereocenters. The molecule has 0 aliphatic carbocycles. The zero-order chi connectivity index (χ0) is 17.8. The SMILES string of the molecule is CC(C)c1cc2c(-c3ccc4ccccc4c3)cccc2[cH-]1.[Cl][Zr][Cl]. The summed E-state index contributed by atoms with van der Waals surface area (Å²) in [5, 5.41) is 5.30. The third kappa shape index (κ3) is 4.22. The molecular weight excluding hydrogens is 426 g/mol. The molecule has 126 valence electrons. The summed E-state index contributed by atoms with van der Waals surface area (Å²) in [5.41, 5.74) is 4.04. The molecule has 0 unspecified atom stereocenters. The van der Waals surface area contributed by atoms with Gasteiger partial charge in [0, 0.05) is 0 Å². The van der Waals surface area contributed by atoms with Crippen molar-refractivity contribution in [3.8, 4) is 11.1 Å². The first-order chi connectivity index (χ1) is 12.1.